The standard InChI is InChI=1S/C18H36N2O/c1-14(2)20-11-15-7-6-8-16(12-20)17(15)19-13-18(3,4)9-10-21-5/h14-17,19H,6-13H2,1-5H3. The van der Waals surface area contributed by atoms with Crippen LogP contribution in [0.15, 0.2) is 0 Å². The number of rotatable bonds is 7. The first kappa shape index (κ1) is 17.2. The fourth-order valence-electron chi connectivity index (χ4n) is 4.09. The third-order valence-corrected chi connectivity index (χ3v) is 5.63. The Morgan fingerprint density at radius 3 is 2.33 bits per heavy atom. The molecular weight excluding hydrogens is 260 g/mol. The maximum absolute atomic E-state index is 5.25. The van der Waals surface area contributed by atoms with Gasteiger partial charge in [-0.1, -0.05) is 20.3 Å². The van der Waals surface area contributed by atoms with E-state index in [2.05, 4.69) is 37.9 Å². The van der Waals surface area contributed by atoms with Crippen LogP contribution in [0.2, 0.25) is 0 Å². The van der Waals surface area contributed by atoms with Crippen LogP contribution in [-0.4, -0.2) is 50.3 Å². The summed E-state index contributed by atoms with van der Waals surface area (Å²) in [4.78, 5) is 2.70. The summed E-state index contributed by atoms with van der Waals surface area (Å²) in [6, 6.07) is 1.45. The predicted octanol–water partition coefficient (Wildman–Crippen LogP) is 3.15. The second-order valence-electron chi connectivity index (χ2n) is 8.31. The Morgan fingerprint density at radius 1 is 1.19 bits per heavy atom. The molecule has 0 aromatic heterocycles. The topological polar surface area (TPSA) is 24.5 Å². The SMILES string of the molecule is COCCC(C)(C)CNC1C2CCCC1CN(C(C)C)C2. The van der Waals surface area contributed by atoms with Gasteiger partial charge in [0.2, 0.25) is 0 Å². The molecule has 1 saturated heterocycles. The third-order valence-electron chi connectivity index (χ3n) is 5.63. The molecule has 1 N–H and O–H groups in total. The van der Waals surface area contributed by atoms with Gasteiger partial charge in [-0.15, -0.1) is 0 Å². The van der Waals surface area contributed by atoms with Gasteiger partial charge in [0.25, 0.3) is 0 Å². The van der Waals surface area contributed by atoms with E-state index in [1.807, 2.05) is 0 Å². The highest BCUT2D eigenvalue weighted by molar-refractivity contribution is 4.96. The minimum atomic E-state index is 0.333. The summed E-state index contributed by atoms with van der Waals surface area (Å²) in [6.45, 7) is 14.0. The summed E-state index contributed by atoms with van der Waals surface area (Å²) in [5.41, 5.74) is 0.333. The molecule has 1 aliphatic carbocycles. The Morgan fingerprint density at radius 2 is 1.81 bits per heavy atom. The van der Waals surface area contributed by atoms with Gasteiger partial charge in [-0.25, -0.2) is 0 Å². The summed E-state index contributed by atoms with van der Waals surface area (Å²) < 4.78 is 5.25. The molecule has 2 atom stereocenters. The molecule has 1 saturated carbocycles. The van der Waals surface area contributed by atoms with Gasteiger partial charge in [0.1, 0.15) is 0 Å². The predicted molar refractivity (Wildman–Crippen MR) is 89.6 cm³/mol. The molecule has 2 fully saturated rings. The molecule has 1 aliphatic heterocycles. The van der Waals surface area contributed by atoms with E-state index in [1.54, 1.807) is 7.11 Å². The first-order valence-corrected chi connectivity index (χ1v) is 8.89. The smallest absolute Gasteiger partial charge is 0.0467 e. The van der Waals surface area contributed by atoms with Gasteiger partial charge in [-0.2, -0.15) is 0 Å². The van der Waals surface area contributed by atoms with Crippen LogP contribution in [0.3, 0.4) is 0 Å². The molecule has 2 bridgehead atoms. The van der Waals surface area contributed by atoms with Crippen LogP contribution < -0.4 is 5.32 Å². The van der Waals surface area contributed by atoms with E-state index < -0.39 is 0 Å². The number of ether oxygens (including phenoxy) is 1. The van der Waals surface area contributed by atoms with Crippen LogP contribution in [0.4, 0.5) is 0 Å². The molecular formula is C18H36N2O. The Labute approximate surface area is 131 Å². The van der Waals surface area contributed by atoms with Crippen molar-refractivity contribution in [3.05, 3.63) is 0 Å². The van der Waals surface area contributed by atoms with Crippen molar-refractivity contribution in [1.82, 2.24) is 10.2 Å². The second-order valence-corrected chi connectivity index (χ2v) is 8.31. The fourth-order valence-corrected chi connectivity index (χ4v) is 4.09. The molecule has 124 valence electrons. The van der Waals surface area contributed by atoms with Crippen molar-refractivity contribution in [2.75, 3.05) is 33.4 Å². The van der Waals surface area contributed by atoms with E-state index in [1.165, 1.54) is 32.4 Å². The minimum Gasteiger partial charge on any atom is -0.385 e. The Hall–Kier alpha value is -0.120. The number of hydrogen-bond donors (Lipinski definition) is 1. The lowest BCUT2D eigenvalue weighted by atomic mass is 9.72. The summed E-state index contributed by atoms with van der Waals surface area (Å²) in [7, 11) is 1.80. The monoisotopic (exact) mass is 296 g/mol. The average Bonchev–Trinajstić information content (AvgIpc) is 2.42. The van der Waals surface area contributed by atoms with Crippen molar-refractivity contribution < 1.29 is 4.74 Å². The van der Waals surface area contributed by atoms with E-state index >= 15 is 0 Å². The summed E-state index contributed by atoms with van der Waals surface area (Å²) in [5, 5.41) is 3.95. The van der Waals surface area contributed by atoms with Crippen LogP contribution >= 0.6 is 0 Å². The largest absolute Gasteiger partial charge is 0.385 e. The van der Waals surface area contributed by atoms with Gasteiger partial charge < -0.3 is 15.0 Å². The molecule has 0 radical (unpaired) electrons. The quantitative estimate of drug-likeness (QED) is 0.781. The molecule has 0 aromatic carbocycles. The highest BCUT2D eigenvalue weighted by Crippen LogP contribution is 2.36. The van der Waals surface area contributed by atoms with Crippen molar-refractivity contribution in [2.45, 2.75) is 65.5 Å². The van der Waals surface area contributed by atoms with Crippen molar-refractivity contribution in [3.63, 3.8) is 0 Å². The van der Waals surface area contributed by atoms with Gasteiger partial charge in [-0.3, -0.25) is 0 Å². The highest BCUT2D eigenvalue weighted by Gasteiger charge is 2.40. The molecule has 3 nitrogen and oxygen atoms in total. The van der Waals surface area contributed by atoms with Crippen LogP contribution in [-0.2, 0) is 4.74 Å². The van der Waals surface area contributed by atoms with E-state index in [0.29, 0.717) is 11.5 Å². The number of nitrogens with zero attached hydrogens (tertiary/aromatic N) is 1. The highest BCUT2D eigenvalue weighted by atomic mass is 16.5. The zero-order valence-electron chi connectivity index (χ0n) is 14.8. The van der Waals surface area contributed by atoms with Crippen molar-refractivity contribution >= 4 is 0 Å². The maximum Gasteiger partial charge on any atom is 0.0467 e. The Bertz CT molecular complexity index is 302. The molecule has 0 aromatic rings. The fraction of sp³-hybridized carbons (Fsp3) is 1.00. The van der Waals surface area contributed by atoms with E-state index in [4.69, 9.17) is 4.74 Å². The van der Waals surface area contributed by atoms with E-state index in [0.717, 1.165) is 37.5 Å². The summed E-state index contributed by atoms with van der Waals surface area (Å²) >= 11 is 0. The minimum absolute atomic E-state index is 0.333. The number of likely N-dealkylation sites (tertiary alicyclic amines) is 1. The zero-order valence-corrected chi connectivity index (χ0v) is 14.8. The molecule has 3 heteroatoms. The normalized spacial score (nSPS) is 30.9. The number of fused-ring (bicyclic) bond motifs is 2. The second kappa shape index (κ2) is 7.43. The van der Waals surface area contributed by atoms with Crippen LogP contribution in [0, 0.1) is 17.3 Å². The van der Waals surface area contributed by atoms with Gasteiger partial charge in [0.15, 0.2) is 0 Å². The molecule has 21 heavy (non-hydrogen) atoms. The average molecular weight is 296 g/mol. The molecule has 0 spiro atoms. The summed E-state index contributed by atoms with van der Waals surface area (Å²) in [6.07, 6.45) is 5.40. The van der Waals surface area contributed by atoms with Crippen molar-refractivity contribution in [1.29, 1.82) is 0 Å². The number of piperidine rings is 1. The first-order valence-electron chi connectivity index (χ1n) is 8.89. The lowest BCUT2D eigenvalue weighted by Gasteiger charge is -2.49. The van der Waals surface area contributed by atoms with Crippen LogP contribution in [0.25, 0.3) is 0 Å². The Kier molecular flexibility index (Phi) is 6.10. The zero-order chi connectivity index (χ0) is 15.5. The van der Waals surface area contributed by atoms with Crippen molar-refractivity contribution in [3.8, 4) is 0 Å². The van der Waals surface area contributed by atoms with Gasteiger partial charge in [0.05, 0.1) is 0 Å². The number of hydrogen-bond acceptors (Lipinski definition) is 3. The van der Waals surface area contributed by atoms with Crippen molar-refractivity contribution in [2.24, 2.45) is 17.3 Å². The van der Waals surface area contributed by atoms with Gasteiger partial charge in [0, 0.05) is 45.4 Å². The third kappa shape index (κ3) is 4.67. The number of methoxy groups -OCH3 is 1. The van der Waals surface area contributed by atoms with Gasteiger partial charge >= 0.3 is 0 Å². The lowest BCUT2D eigenvalue weighted by molar-refractivity contribution is 0.0245. The lowest BCUT2D eigenvalue weighted by Crippen LogP contribution is -2.59. The molecule has 2 unspecified atom stereocenters. The molecule has 1 heterocycles. The van der Waals surface area contributed by atoms with Crippen LogP contribution in [0.1, 0.15) is 53.4 Å². The van der Waals surface area contributed by atoms with Gasteiger partial charge in [-0.05, 0) is 50.4 Å². The molecule has 2 rings (SSSR count). The summed E-state index contributed by atoms with van der Waals surface area (Å²) in [5.74, 6) is 1.72. The van der Waals surface area contributed by atoms with E-state index in [9.17, 15) is 0 Å². The number of nitrogens with one attached hydrogen (secondary N) is 1. The molecule has 2 aliphatic rings. The molecule has 0 amide bonds. The van der Waals surface area contributed by atoms with E-state index in [-0.39, 0.29) is 0 Å². The first-order chi connectivity index (χ1) is 9.93. The maximum atomic E-state index is 5.25. The Balaban J connectivity index is 1.88. The van der Waals surface area contributed by atoms with Crippen LogP contribution in [0.5, 0.6) is 0 Å².